The molecule has 0 spiro atoms. The number of ether oxygens (including phenoxy) is 1. The number of benzene rings is 1. The Morgan fingerprint density at radius 2 is 2.07 bits per heavy atom. The fourth-order valence-corrected chi connectivity index (χ4v) is 3.79. The first-order chi connectivity index (χ1) is 13.7. The summed E-state index contributed by atoms with van der Waals surface area (Å²) in [7, 11) is 1.36. The highest BCUT2D eigenvalue weighted by atomic mass is 79.9. The minimum atomic E-state index is -0.938. The third-order valence-corrected chi connectivity index (χ3v) is 5.79. The number of anilines is 1. The van der Waals surface area contributed by atoms with E-state index in [1.807, 2.05) is 0 Å². The molecule has 0 bridgehead atoms. The molecule has 1 saturated heterocycles. The van der Waals surface area contributed by atoms with Gasteiger partial charge in [0.05, 0.1) is 9.38 Å². The van der Waals surface area contributed by atoms with Gasteiger partial charge in [0, 0.05) is 25.9 Å². The summed E-state index contributed by atoms with van der Waals surface area (Å²) in [4.78, 5) is 32.6. The summed E-state index contributed by atoms with van der Waals surface area (Å²) in [5, 5.41) is 9.70. The Kier molecular flexibility index (Phi) is 6.08. The van der Waals surface area contributed by atoms with Gasteiger partial charge in [-0.15, -0.1) is 0 Å². The molecule has 1 aromatic carbocycles. The Morgan fingerprint density at radius 3 is 2.66 bits per heavy atom. The minimum Gasteiger partial charge on any atom is -0.502 e. The van der Waals surface area contributed by atoms with Crippen LogP contribution in [0.1, 0.15) is 18.1 Å². The maximum absolute atomic E-state index is 14.5. The summed E-state index contributed by atoms with van der Waals surface area (Å²) in [5.74, 6) is -2.04. The van der Waals surface area contributed by atoms with Gasteiger partial charge in [-0.25, -0.2) is 14.4 Å². The van der Waals surface area contributed by atoms with E-state index in [0.29, 0.717) is 6.42 Å². The second kappa shape index (κ2) is 8.37. The zero-order valence-corrected chi connectivity index (χ0v) is 17.8. The molecule has 29 heavy (non-hydrogen) atoms. The molecule has 0 aliphatic carbocycles. The van der Waals surface area contributed by atoms with E-state index in [0.717, 1.165) is 22.2 Å². The van der Waals surface area contributed by atoms with Crippen LogP contribution in [0.2, 0.25) is 0 Å². The fraction of sp³-hybridized carbons (Fsp3) is 0.222. The molecule has 3 rings (SSSR count). The van der Waals surface area contributed by atoms with E-state index in [9.17, 15) is 19.1 Å². The molecule has 3 N–H and O–H groups in total. The highest BCUT2D eigenvalue weighted by molar-refractivity contribution is 9.10. The molecule has 0 radical (unpaired) electrons. The molecule has 1 aliphatic heterocycles. The van der Waals surface area contributed by atoms with Gasteiger partial charge in [0.25, 0.3) is 11.1 Å². The number of hydrogen-bond donors (Lipinski definition) is 2. The van der Waals surface area contributed by atoms with Gasteiger partial charge in [0.15, 0.2) is 17.3 Å². The average Bonchev–Trinajstić information content (AvgIpc) is 2.92. The van der Waals surface area contributed by atoms with Crippen LogP contribution >= 0.6 is 27.7 Å². The summed E-state index contributed by atoms with van der Waals surface area (Å²) >= 11 is 3.81. The quantitative estimate of drug-likeness (QED) is 0.622. The number of halogens is 2. The second-order valence-corrected chi connectivity index (χ2v) is 8.05. The third kappa shape index (κ3) is 4.51. The van der Waals surface area contributed by atoms with Crippen LogP contribution in [0.5, 0.6) is 11.5 Å². The third-order valence-electron chi connectivity index (χ3n) is 4.02. The van der Waals surface area contributed by atoms with Gasteiger partial charge in [-0.2, -0.15) is 0 Å². The van der Waals surface area contributed by atoms with Gasteiger partial charge < -0.3 is 15.6 Å². The van der Waals surface area contributed by atoms with E-state index < -0.39 is 28.8 Å². The Bertz CT molecular complexity index is 1020. The highest BCUT2D eigenvalue weighted by Gasteiger charge is 2.32. The SMILES string of the molecule is CC(Cc1cnc(N)nc1)Oc1cc(/C=C2\SC(=O)N(C)C2=O)c(Br)c(F)c1O. The lowest BCUT2D eigenvalue weighted by Crippen LogP contribution is -2.22. The number of likely N-dealkylation sites (N-methyl/N-ethyl adjacent to an activating group) is 1. The van der Waals surface area contributed by atoms with Gasteiger partial charge in [0.1, 0.15) is 6.10 Å². The van der Waals surface area contributed by atoms with Crippen LogP contribution in [0.15, 0.2) is 27.8 Å². The highest BCUT2D eigenvalue weighted by Crippen LogP contribution is 2.40. The van der Waals surface area contributed by atoms with Gasteiger partial charge in [-0.1, -0.05) is 0 Å². The molecule has 1 unspecified atom stereocenters. The topological polar surface area (TPSA) is 119 Å². The number of thioether (sulfide) groups is 1. The number of nitrogens with two attached hydrogens (primary N) is 1. The van der Waals surface area contributed by atoms with Crippen molar-refractivity contribution < 1.29 is 23.8 Å². The van der Waals surface area contributed by atoms with E-state index in [4.69, 9.17) is 10.5 Å². The van der Waals surface area contributed by atoms with Crippen molar-refractivity contribution in [2.75, 3.05) is 12.8 Å². The Hall–Kier alpha value is -2.66. The molecule has 1 aliphatic rings. The van der Waals surface area contributed by atoms with Crippen molar-refractivity contribution in [3.63, 3.8) is 0 Å². The number of phenolic OH excluding ortho intramolecular Hbond substituents is 1. The van der Waals surface area contributed by atoms with Crippen molar-refractivity contribution in [3.05, 3.63) is 44.8 Å². The first-order valence-corrected chi connectivity index (χ1v) is 9.94. The van der Waals surface area contributed by atoms with E-state index in [1.54, 1.807) is 19.3 Å². The number of nitrogen functional groups attached to an aromatic ring is 1. The van der Waals surface area contributed by atoms with Crippen molar-refractivity contribution in [3.8, 4) is 11.5 Å². The molecule has 2 aromatic rings. The number of rotatable bonds is 5. The maximum Gasteiger partial charge on any atom is 0.293 e. The molecule has 2 heterocycles. The summed E-state index contributed by atoms with van der Waals surface area (Å²) in [6.45, 7) is 1.73. The van der Waals surface area contributed by atoms with E-state index >= 15 is 0 Å². The molecule has 8 nitrogen and oxygen atoms in total. The predicted molar refractivity (Wildman–Crippen MR) is 110 cm³/mol. The van der Waals surface area contributed by atoms with Crippen LogP contribution in [-0.4, -0.2) is 44.3 Å². The normalized spacial score (nSPS) is 16.6. The zero-order chi connectivity index (χ0) is 21.3. The molecule has 2 amide bonds. The Balaban J connectivity index is 1.87. The number of aromatic nitrogens is 2. The van der Waals surface area contributed by atoms with Crippen molar-refractivity contribution in [2.24, 2.45) is 0 Å². The molecule has 0 saturated carbocycles. The number of aromatic hydroxyl groups is 1. The first-order valence-electron chi connectivity index (χ1n) is 8.33. The molecule has 1 fully saturated rings. The largest absolute Gasteiger partial charge is 0.502 e. The monoisotopic (exact) mass is 482 g/mol. The van der Waals surface area contributed by atoms with E-state index in [2.05, 4.69) is 25.9 Å². The van der Waals surface area contributed by atoms with Gasteiger partial charge in [-0.05, 0) is 57.9 Å². The predicted octanol–water partition coefficient (Wildman–Crippen LogP) is 3.34. The van der Waals surface area contributed by atoms with Gasteiger partial charge in [0.2, 0.25) is 5.95 Å². The summed E-state index contributed by atoms with van der Waals surface area (Å²) in [5.41, 5.74) is 6.45. The molecular formula is C18H16BrFN4O4S. The van der Waals surface area contributed by atoms with E-state index in [-0.39, 0.29) is 26.6 Å². The van der Waals surface area contributed by atoms with Crippen molar-refractivity contribution >= 4 is 50.9 Å². The van der Waals surface area contributed by atoms with Crippen LogP contribution in [0.4, 0.5) is 15.1 Å². The smallest absolute Gasteiger partial charge is 0.293 e. The van der Waals surface area contributed by atoms with Crippen molar-refractivity contribution in [1.82, 2.24) is 14.9 Å². The number of imide groups is 1. The summed E-state index contributed by atoms with van der Waals surface area (Å²) in [6, 6.07) is 1.39. The number of hydrogen-bond acceptors (Lipinski definition) is 8. The van der Waals surface area contributed by atoms with Gasteiger partial charge >= 0.3 is 0 Å². The first kappa shape index (κ1) is 21.1. The standard InChI is InChI=1S/C18H16BrFN4O4S/c1-8(3-9-6-22-17(21)23-7-9)28-11-4-10(13(19)14(20)15(11)25)5-12-16(26)24(2)18(27)29-12/h4-8,25H,3H2,1-2H3,(H2,21,22,23)/b12-5-. The summed E-state index contributed by atoms with van der Waals surface area (Å²) in [6.07, 6.45) is 4.41. The number of amides is 2. The lowest BCUT2D eigenvalue weighted by atomic mass is 10.1. The lowest BCUT2D eigenvalue weighted by molar-refractivity contribution is -0.121. The number of carbonyl (C=O) groups is 2. The van der Waals surface area contributed by atoms with Crippen LogP contribution in [0.3, 0.4) is 0 Å². The van der Waals surface area contributed by atoms with E-state index in [1.165, 1.54) is 19.2 Å². The van der Waals surface area contributed by atoms with Crippen LogP contribution in [0.25, 0.3) is 6.08 Å². The number of carbonyl (C=O) groups excluding carboxylic acids is 2. The Morgan fingerprint density at radius 1 is 1.41 bits per heavy atom. The van der Waals surface area contributed by atoms with Crippen LogP contribution in [0, 0.1) is 5.82 Å². The van der Waals surface area contributed by atoms with Gasteiger partial charge in [-0.3, -0.25) is 14.5 Å². The average molecular weight is 483 g/mol. The molecule has 1 aromatic heterocycles. The fourth-order valence-electron chi connectivity index (χ4n) is 2.55. The molecule has 1 atom stereocenters. The number of phenols is 1. The second-order valence-electron chi connectivity index (χ2n) is 6.26. The number of nitrogens with zero attached hydrogens (tertiary/aromatic N) is 3. The lowest BCUT2D eigenvalue weighted by Gasteiger charge is -2.17. The van der Waals surface area contributed by atoms with Crippen molar-refractivity contribution in [2.45, 2.75) is 19.4 Å². The minimum absolute atomic E-state index is 0.0511. The molecule has 11 heteroatoms. The zero-order valence-electron chi connectivity index (χ0n) is 15.3. The van der Waals surface area contributed by atoms with Crippen molar-refractivity contribution in [1.29, 1.82) is 0 Å². The van der Waals surface area contributed by atoms with Crippen LogP contribution < -0.4 is 10.5 Å². The molecule has 152 valence electrons. The Labute approximate surface area is 178 Å². The maximum atomic E-state index is 14.5. The molecular weight excluding hydrogens is 467 g/mol. The van der Waals surface area contributed by atoms with Crippen LogP contribution in [-0.2, 0) is 11.2 Å². The summed E-state index contributed by atoms with van der Waals surface area (Å²) < 4.78 is 20.1.